The molecule has 1 aromatic rings. The largest absolute Gasteiger partial charge is 0.147 e. The van der Waals surface area contributed by atoms with Crippen LogP contribution in [0.1, 0.15) is 18.7 Å². The Bertz CT molecular complexity index is 255. The van der Waals surface area contributed by atoms with Crippen LogP contribution in [0, 0.1) is 5.41 Å². The minimum atomic E-state index is 0.300. The molecule has 0 aliphatic rings. The van der Waals surface area contributed by atoms with E-state index in [0.29, 0.717) is 5.41 Å². The summed E-state index contributed by atoms with van der Waals surface area (Å²) in [5.41, 5.74) is 0.300. The molecule has 0 spiro atoms. The smallest absolute Gasteiger partial charge is 0.0545 e. The van der Waals surface area contributed by atoms with Gasteiger partial charge >= 0.3 is 0 Å². The van der Waals surface area contributed by atoms with Crippen molar-refractivity contribution in [1.29, 1.82) is 0 Å². The first-order valence-electron chi connectivity index (χ1n) is 3.83. The Morgan fingerprint density at radius 1 is 1.58 bits per heavy atom. The average molecular weight is 268 g/mol. The van der Waals surface area contributed by atoms with Crippen molar-refractivity contribution in [1.82, 2.24) is 0 Å². The van der Waals surface area contributed by atoms with Gasteiger partial charge in [-0.15, -0.1) is 11.3 Å². The van der Waals surface area contributed by atoms with E-state index in [9.17, 15) is 0 Å². The van der Waals surface area contributed by atoms with Crippen molar-refractivity contribution >= 4 is 38.9 Å². The summed E-state index contributed by atoms with van der Waals surface area (Å²) in [4.78, 5) is 1.29. The monoisotopic (exact) mass is 266 g/mol. The fourth-order valence-electron chi connectivity index (χ4n) is 0.933. The number of hydrogen-bond acceptors (Lipinski definition) is 1. The lowest BCUT2D eigenvalue weighted by molar-refractivity contribution is 0.428. The molecule has 0 fully saturated rings. The summed E-state index contributed by atoms with van der Waals surface area (Å²) < 4.78 is 0. The zero-order valence-electron chi connectivity index (χ0n) is 7.23. The van der Waals surface area contributed by atoms with E-state index in [4.69, 9.17) is 11.6 Å². The minimum Gasteiger partial charge on any atom is -0.147 e. The SMILES string of the molecule is CC(C)(CBr)Cc1sccc1Cl. The van der Waals surface area contributed by atoms with Gasteiger partial charge in [0.05, 0.1) is 5.02 Å². The van der Waals surface area contributed by atoms with Crippen LogP contribution in [0.2, 0.25) is 5.02 Å². The highest BCUT2D eigenvalue weighted by Gasteiger charge is 2.18. The topological polar surface area (TPSA) is 0 Å². The molecule has 0 nitrogen and oxygen atoms in total. The van der Waals surface area contributed by atoms with Gasteiger partial charge in [0, 0.05) is 10.2 Å². The molecule has 0 aliphatic carbocycles. The molecule has 0 radical (unpaired) electrons. The van der Waals surface area contributed by atoms with E-state index in [1.807, 2.05) is 11.4 Å². The number of rotatable bonds is 3. The second-order valence-corrected chi connectivity index (χ2v) is 5.63. The van der Waals surface area contributed by atoms with Gasteiger partial charge in [-0.2, -0.15) is 0 Å². The normalized spacial score (nSPS) is 12.0. The summed E-state index contributed by atoms with van der Waals surface area (Å²) >= 11 is 11.2. The lowest BCUT2D eigenvalue weighted by Crippen LogP contribution is -2.15. The Labute approximate surface area is 91.1 Å². The van der Waals surface area contributed by atoms with Crippen molar-refractivity contribution in [2.24, 2.45) is 5.41 Å². The Morgan fingerprint density at radius 3 is 2.67 bits per heavy atom. The number of hydrogen-bond donors (Lipinski definition) is 0. The second kappa shape index (κ2) is 4.12. The molecule has 0 amide bonds. The number of alkyl halides is 1. The molecule has 0 bridgehead atoms. The van der Waals surface area contributed by atoms with Crippen molar-refractivity contribution in [3.63, 3.8) is 0 Å². The highest BCUT2D eigenvalue weighted by atomic mass is 79.9. The van der Waals surface area contributed by atoms with E-state index >= 15 is 0 Å². The fraction of sp³-hybridized carbons (Fsp3) is 0.556. The molecule has 12 heavy (non-hydrogen) atoms. The zero-order chi connectivity index (χ0) is 9.19. The lowest BCUT2D eigenvalue weighted by atomic mass is 9.91. The van der Waals surface area contributed by atoms with Crippen LogP contribution in [-0.2, 0) is 6.42 Å². The third-order valence-electron chi connectivity index (χ3n) is 1.69. The lowest BCUT2D eigenvalue weighted by Gasteiger charge is -2.20. The van der Waals surface area contributed by atoms with Gasteiger partial charge in [0.1, 0.15) is 0 Å². The highest BCUT2D eigenvalue weighted by molar-refractivity contribution is 9.09. The van der Waals surface area contributed by atoms with E-state index < -0.39 is 0 Å². The van der Waals surface area contributed by atoms with Crippen LogP contribution in [0.5, 0.6) is 0 Å². The molecule has 3 heteroatoms. The predicted molar refractivity (Wildman–Crippen MR) is 60.6 cm³/mol. The molecule has 0 unspecified atom stereocenters. The van der Waals surface area contributed by atoms with Gasteiger partial charge in [0.2, 0.25) is 0 Å². The molecular formula is C9H12BrClS. The Morgan fingerprint density at radius 2 is 2.25 bits per heavy atom. The van der Waals surface area contributed by atoms with Gasteiger partial charge in [-0.05, 0) is 23.3 Å². The van der Waals surface area contributed by atoms with Gasteiger partial charge in [0.25, 0.3) is 0 Å². The maximum absolute atomic E-state index is 6.00. The van der Waals surface area contributed by atoms with Gasteiger partial charge in [-0.1, -0.05) is 41.4 Å². The Balaban J connectivity index is 2.70. The average Bonchev–Trinajstić information content (AvgIpc) is 2.36. The van der Waals surface area contributed by atoms with Crippen LogP contribution in [-0.4, -0.2) is 5.33 Å². The zero-order valence-corrected chi connectivity index (χ0v) is 10.4. The van der Waals surface area contributed by atoms with Gasteiger partial charge in [-0.3, -0.25) is 0 Å². The summed E-state index contributed by atoms with van der Waals surface area (Å²) in [7, 11) is 0. The summed E-state index contributed by atoms with van der Waals surface area (Å²) in [5.74, 6) is 0. The van der Waals surface area contributed by atoms with Crippen molar-refractivity contribution in [3.8, 4) is 0 Å². The highest BCUT2D eigenvalue weighted by Crippen LogP contribution is 2.31. The van der Waals surface area contributed by atoms with E-state index in [1.54, 1.807) is 11.3 Å². The minimum absolute atomic E-state index is 0.300. The molecule has 0 aromatic carbocycles. The first-order valence-corrected chi connectivity index (χ1v) is 6.21. The van der Waals surface area contributed by atoms with Gasteiger partial charge in [0.15, 0.2) is 0 Å². The van der Waals surface area contributed by atoms with E-state index in [2.05, 4.69) is 29.8 Å². The maximum Gasteiger partial charge on any atom is 0.0545 e. The first kappa shape index (κ1) is 10.6. The molecular weight excluding hydrogens is 256 g/mol. The van der Waals surface area contributed by atoms with Crippen LogP contribution in [0.15, 0.2) is 11.4 Å². The third-order valence-corrected chi connectivity index (χ3v) is 4.60. The Hall–Kier alpha value is 0.470. The predicted octanol–water partition coefficient (Wildman–Crippen LogP) is 4.37. The molecule has 0 aliphatic heterocycles. The molecule has 0 saturated carbocycles. The van der Waals surface area contributed by atoms with Crippen molar-refractivity contribution < 1.29 is 0 Å². The summed E-state index contributed by atoms with van der Waals surface area (Å²) in [6.07, 6.45) is 1.05. The first-order chi connectivity index (χ1) is 5.55. The third kappa shape index (κ3) is 2.75. The summed E-state index contributed by atoms with van der Waals surface area (Å²) in [6, 6.07) is 1.96. The molecule has 0 atom stereocenters. The standard InChI is InChI=1S/C9H12BrClS/c1-9(2,6-10)5-8-7(11)3-4-12-8/h3-4H,5-6H2,1-2H3. The second-order valence-electron chi connectivity index (χ2n) is 3.67. The van der Waals surface area contributed by atoms with Crippen LogP contribution < -0.4 is 0 Å². The fourth-order valence-corrected chi connectivity index (χ4v) is 2.49. The van der Waals surface area contributed by atoms with Crippen LogP contribution in [0.25, 0.3) is 0 Å². The number of halogens is 2. The van der Waals surface area contributed by atoms with E-state index in [-0.39, 0.29) is 0 Å². The Kier molecular flexibility index (Phi) is 3.62. The molecule has 1 rings (SSSR count). The summed E-state index contributed by atoms with van der Waals surface area (Å²) in [5, 5.41) is 3.96. The molecule has 68 valence electrons. The maximum atomic E-state index is 6.00. The van der Waals surface area contributed by atoms with E-state index in [1.165, 1.54) is 4.88 Å². The summed E-state index contributed by atoms with van der Waals surface area (Å²) in [6.45, 7) is 4.47. The van der Waals surface area contributed by atoms with Crippen molar-refractivity contribution in [3.05, 3.63) is 21.3 Å². The van der Waals surface area contributed by atoms with E-state index in [0.717, 1.165) is 16.8 Å². The molecule has 1 aromatic heterocycles. The van der Waals surface area contributed by atoms with Gasteiger partial charge in [-0.25, -0.2) is 0 Å². The molecule has 0 N–H and O–H groups in total. The van der Waals surface area contributed by atoms with Crippen molar-refractivity contribution in [2.75, 3.05) is 5.33 Å². The quantitative estimate of drug-likeness (QED) is 0.714. The van der Waals surface area contributed by atoms with Crippen LogP contribution in [0.4, 0.5) is 0 Å². The number of thiophene rings is 1. The van der Waals surface area contributed by atoms with Gasteiger partial charge < -0.3 is 0 Å². The van der Waals surface area contributed by atoms with Crippen LogP contribution in [0.3, 0.4) is 0 Å². The molecule has 0 saturated heterocycles. The van der Waals surface area contributed by atoms with Crippen molar-refractivity contribution in [2.45, 2.75) is 20.3 Å². The van der Waals surface area contributed by atoms with Crippen LogP contribution >= 0.6 is 38.9 Å². The molecule has 1 heterocycles.